The van der Waals surface area contributed by atoms with Crippen molar-refractivity contribution in [2.45, 2.75) is 59.1 Å². The summed E-state index contributed by atoms with van der Waals surface area (Å²) in [5.41, 5.74) is 0.340. The van der Waals surface area contributed by atoms with Crippen LogP contribution in [0.4, 0.5) is 0 Å². The van der Waals surface area contributed by atoms with Crippen molar-refractivity contribution in [3.05, 3.63) is 0 Å². The lowest BCUT2D eigenvalue weighted by Crippen LogP contribution is -2.62. The van der Waals surface area contributed by atoms with Crippen LogP contribution in [-0.2, 0) is 9.47 Å². The van der Waals surface area contributed by atoms with Gasteiger partial charge in [-0.25, -0.2) is 0 Å². The van der Waals surface area contributed by atoms with E-state index in [-0.39, 0.29) is 0 Å². The minimum Gasteiger partial charge on any atom is -0.379 e. The van der Waals surface area contributed by atoms with Crippen LogP contribution in [-0.4, -0.2) is 39.0 Å². The molecule has 3 nitrogen and oxygen atoms in total. The number of rotatable bonds is 9. The first kappa shape index (κ1) is 15.9. The quantitative estimate of drug-likeness (QED) is 0.644. The molecular formula is C15H31NO2. The standard InChI is InChI=1S/C15H31NO2/c1-6-15(7-2)13(16-5)10-14(15)18-9-8-17-11-12(3)4/h12-14,16H,6-11H2,1-5H3. The Bertz CT molecular complexity index is 227. The van der Waals surface area contributed by atoms with Crippen LogP contribution in [0.5, 0.6) is 0 Å². The van der Waals surface area contributed by atoms with Crippen LogP contribution >= 0.6 is 0 Å². The van der Waals surface area contributed by atoms with Crippen molar-refractivity contribution in [3.8, 4) is 0 Å². The molecule has 2 unspecified atom stereocenters. The molecule has 1 fully saturated rings. The van der Waals surface area contributed by atoms with Gasteiger partial charge in [0.05, 0.1) is 19.3 Å². The van der Waals surface area contributed by atoms with Gasteiger partial charge in [0.15, 0.2) is 0 Å². The zero-order chi connectivity index (χ0) is 13.6. The maximum atomic E-state index is 6.02. The predicted molar refractivity (Wildman–Crippen MR) is 75.9 cm³/mol. The fourth-order valence-corrected chi connectivity index (χ4v) is 3.15. The van der Waals surface area contributed by atoms with Gasteiger partial charge in [-0.1, -0.05) is 27.7 Å². The van der Waals surface area contributed by atoms with Crippen LogP contribution in [0.15, 0.2) is 0 Å². The molecule has 3 heteroatoms. The van der Waals surface area contributed by atoms with Crippen molar-refractivity contribution >= 4 is 0 Å². The Labute approximate surface area is 113 Å². The van der Waals surface area contributed by atoms with Crippen LogP contribution in [0, 0.1) is 11.3 Å². The van der Waals surface area contributed by atoms with E-state index in [1.807, 2.05) is 0 Å². The fraction of sp³-hybridized carbons (Fsp3) is 1.00. The van der Waals surface area contributed by atoms with E-state index < -0.39 is 0 Å². The van der Waals surface area contributed by atoms with Gasteiger partial charge in [0.1, 0.15) is 0 Å². The van der Waals surface area contributed by atoms with Gasteiger partial charge >= 0.3 is 0 Å². The van der Waals surface area contributed by atoms with E-state index in [1.54, 1.807) is 0 Å². The third-order valence-corrected chi connectivity index (χ3v) is 4.45. The van der Waals surface area contributed by atoms with Gasteiger partial charge in [-0.15, -0.1) is 0 Å². The zero-order valence-electron chi connectivity index (χ0n) is 12.8. The summed E-state index contributed by atoms with van der Waals surface area (Å²) in [5.74, 6) is 0.604. The van der Waals surface area contributed by atoms with Gasteiger partial charge in [0.2, 0.25) is 0 Å². The Morgan fingerprint density at radius 2 is 1.89 bits per heavy atom. The Morgan fingerprint density at radius 1 is 1.22 bits per heavy atom. The molecule has 0 heterocycles. The van der Waals surface area contributed by atoms with Crippen LogP contribution in [0.1, 0.15) is 47.0 Å². The first-order chi connectivity index (χ1) is 8.60. The third-order valence-electron chi connectivity index (χ3n) is 4.45. The van der Waals surface area contributed by atoms with Crippen LogP contribution in [0.3, 0.4) is 0 Å². The summed E-state index contributed by atoms with van der Waals surface area (Å²) < 4.78 is 11.6. The molecule has 0 saturated heterocycles. The highest BCUT2D eigenvalue weighted by Gasteiger charge is 2.52. The van der Waals surface area contributed by atoms with Gasteiger partial charge < -0.3 is 14.8 Å². The molecule has 0 amide bonds. The minimum absolute atomic E-state index is 0.340. The number of ether oxygens (including phenoxy) is 2. The van der Waals surface area contributed by atoms with Crippen molar-refractivity contribution in [2.24, 2.45) is 11.3 Å². The highest BCUT2D eigenvalue weighted by molar-refractivity contribution is 5.06. The molecule has 0 bridgehead atoms. The third kappa shape index (κ3) is 3.46. The average Bonchev–Trinajstić information content (AvgIpc) is 2.33. The molecule has 0 aromatic carbocycles. The lowest BCUT2D eigenvalue weighted by atomic mass is 9.59. The first-order valence-corrected chi connectivity index (χ1v) is 7.47. The summed E-state index contributed by atoms with van der Waals surface area (Å²) in [6.07, 6.45) is 3.93. The predicted octanol–water partition coefficient (Wildman–Crippen LogP) is 2.84. The van der Waals surface area contributed by atoms with Crippen molar-refractivity contribution in [1.82, 2.24) is 5.32 Å². The van der Waals surface area contributed by atoms with Crippen LogP contribution in [0.2, 0.25) is 0 Å². The fourth-order valence-electron chi connectivity index (χ4n) is 3.15. The van der Waals surface area contributed by atoms with Gasteiger partial charge in [-0.3, -0.25) is 0 Å². The summed E-state index contributed by atoms with van der Waals surface area (Å²) in [5, 5.41) is 3.43. The lowest BCUT2D eigenvalue weighted by Gasteiger charge is -2.55. The monoisotopic (exact) mass is 257 g/mol. The summed E-state index contributed by atoms with van der Waals surface area (Å²) >= 11 is 0. The molecular weight excluding hydrogens is 226 g/mol. The second kappa shape index (κ2) is 7.46. The average molecular weight is 257 g/mol. The topological polar surface area (TPSA) is 30.5 Å². The molecule has 0 aromatic heterocycles. The second-order valence-electron chi connectivity index (χ2n) is 5.85. The van der Waals surface area contributed by atoms with Gasteiger partial charge in [-0.2, -0.15) is 0 Å². The number of nitrogens with one attached hydrogen (secondary N) is 1. The molecule has 0 radical (unpaired) electrons. The van der Waals surface area contributed by atoms with Crippen molar-refractivity contribution < 1.29 is 9.47 Å². The molecule has 0 aromatic rings. The highest BCUT2D eigenvalue weighted by atomic mass is 16.5. The summed E-state index contributed by atoms with van der Waals surface area (Å²) in [7, 11) is 2.06. The molecule has 1 aliphatic carbocycles. The molecule has 0 spiro atoms. The van der Waals surface area contributed by atoms with E-state index in [2.05, 4.69) is 40.1 Å². The normalized spacial score (nSPS) is 26.3. The molecule has 1 N–H and O–H groups in total. The van der Waals surface area contributed by atoms with E-state index >= 15 is 0 Å². The summed E-state index contributed by atoms with van der Waals surface area (Å²) in [6.45, 7) is 11.2. The Kier molecular flexibility index (Phi) is 6.61. The molecule has 1 saturated carbocycles. The molecule has 0 aliphatic heterocycles. The maximum absolute atomic E-state index is 6.02. The molecule has 2 atom stereocenters. The van der Waals surface area contributed by atoms with E-state index in [4.69, 9.17) is 9.47 Å². The van der Waals surface area contributed by atoms with E-state index in [1.165, 1.54) is 12.8 Å². The highest BCUT2D eigenvalue weighted by Crippen LogP contribution is 2.48. The van der Waals surface area contributed by atoms with Crippen LogP contribution < -0.4 is 5.32 Å². The number of hydrogen-bond donors (Lipinski definition) is 1. The van der Waals surface area contributed by atoms with Gasteiger partial charge in [0, 0.05) is 18.1 Å². The van der Waals surface area contributed by atoms with Gasteiger partial charge in [0.25, 0.3) is 0 Å². The molecule has 1 rings (SSSR count). The first-order valence-electron chi connectivity index (χ1n) is 7.47. The zero-order valence-corrected chi connectivity index (χ0v) is 12.8. The van der Waals surface area contributed by atoms with E-state index in [0.29, 0.717) is 23.5 Å². The van der Waals surface area contributed by atoms with Gasteiger partial charge in [-0.05, 0) is 32.2 Å². The minimum atomic E-state index is 0.340. The summed E-state index contributed by atoms with van der Waals surface area (Å²) in [4.78, 5) is 0. The Morgan fingerprint density at radius 3 is 2.39 bits per heavy atom. The SMILES string of the molecule is CCC1(CC)C(NC)CC1OCCOCC(C)C. The smallest absolute Gasteiger partial charge is 0.0704 e. The van der Waals surface area contributed by atoms with Crippen molar-refractivity contribution in [2.75, 3.05) is 26.9 Å². The maximum Gasteiger partial charge on any atom is 0.0704 e. The van der Waals surface area contributed by atoms with E-state index in [9.17, 15) is 0 Å². The Balaban J connectivity index is 2.26. The van der Waals surface area contributed by atoms with Crippen LogP contribution in [0.25, 0.3) is 0 Å². The number of hydrogen-bond acceptors (Lipinski definition) is 3. The largest absolute Gasteiger partial charge is 0.379 e. The van der Waals surface area contributed by atoms with Crippen molar-refractivity contribution in [1.29, 1.82) is 0 Å². The molecule has 1 aliphatic rings. The second-order valence-corrected chi connectivity index (χ2v) is 5.85. The van der Waals surface area contributed by atoms with Crippen molar-refractivity contribution in [3.63, 3.8) is 0 Å². The summed E-state index contributed by atoms with van der Waals surface area (Å²) in [6, 6.07) is 0.620. The van der Waals surface area contributed by atoms with E-state index in [0.717, 1.165) is 26.2 Å². The Hall–Kier alpha value is -0.120. The lowest BCUT2D eigenvalue weighted by molar-refractivity contribution is -0.147. The molecule has 108 valence electrons. The molecule has 18 heavy (non-hydrogen) atoms.